The SMILES string of the molecule is CC(C)c1cc(C(=O)N2CCCC[C@H]2CCc2ccccc2)no1. The molecule has 1 aromatic carbocycles. The molecule has 1 amide bonds. The molecule has 0 unspecified atom stereocenters. The van der Waals surface area contributed by atoms with Crippen LogP contribution in [0, 0.1) is 0 Å². The number of rotatable bonds is 5. The maximum atomic E-state index is 12.9. The van der Waals surface area contributed by atoms with Crippen LogP contribution >= 0.6 is 0 Å². The Labute approximate surface area is 143 Å². The molecule has 0 radical (unpaired) electrons. The number of hydrogen-bond acceptors (Lipinski definition) is 3. The lowest BCUT2D eigenvalue weighted by molar-refractivity contribution is 0.0591. The summed E-state index contributed by atoms with van der Waals surface area (Å²) in [6.45, 7) is 4.90. The van der Waals surface area contributed by atoms with E-state index in [4.69, 9.17) is 4.52 Å². The summed E-state index contributed by atoms with van der Waals surface area (Å²) in [6.07, 6.45) is 5.35. The average Bonchev–Trinajstić information content (AvgIpc) is 3.11. The molecule has 2 heterocycles. The Morgan fingerprint density at radius 3 is 2.79 bits per heavy atom. The Balaban J connectivity index is 1.67. The molecule has 0 N–H and O–H groups in total. The lowest BCUT2D eigenvalue weighted by atomic mass is 9.95. The number of carbonyl (C=O) groups is 1. The van der Waals surface area contributed by atoms with Crippen LogP contribution in [0.15, 0.2) is 40.9 Å². The molecule has 0 bridgehead atoms. The van der Waals surface area contributed by atoms with Gasteiger partial charge < -0.3 is 9.42 Å². The first-order valence-corrected chi connectivity index (χ1v) is 8.96. The van der Waals surface area contributed by atoms with Crippen LogP contribution in [0.25, 0.3) is 0 Å². The number of hydrogen-bond donors (Lipinski definition) is 0. The molecule has 128 valence electrons. The quantitative estimate of drug-likeness (QED) is 0.817. The first-order chi connectivity index (χ1) is 11.6. The van der Waals surface area contributed by atoms with Crippen molar-refractivity contribution in [2.24, 2.45) is 0 Å². The fraction of sp³-hybridized carbons (Fsp3) is 0.500. The summed E-state index contributed by atoms with van der Waals surface area (Å²) in [5.74, 6) is 1.04. The molecule has 1 fully saturated rings. The van der Waals surface area contributed by atoms with Crippen molar-refractivity contribution in [3.8, 4) is 0 Å². The molecular weight excluding hydrogens is 300 g/mol. The van der Waals surface area contributed by atoms with Crippen LogP contribution in [0.2, 0.25) is 0 Å². The van der Waals surface area contributed by atoms with Crippen LogP contribution in [0.5, 0.6) is 0 Å². The molecule has 1 aromatic heterocycles. The topological polar surface area (TPSA) is 46.3 Å². The normalized spacial score (nSPS) is 18.1. The number of piperidine rings is 1. The maximum absolute atomic E-state index is 12.9. The fourth-order valence-corrected chi connectivity index (χ4v) is 3.36. The van der Waals surface area contributed by atoms with E-state index in [0.29, 0.717) is 11.7 Å². The highest BCUT2D eigenvalue weighted by Crippen LogP contribution is 2.24. The van der Waals surface area contributed by atoms with Crippen LogP contribution in [0.3, 0.4) is 0 Å². The molecule has 2 aromatic rings. The summed E-state index contributed by atoms with van der Waals surface area (Å²) >= 11 is 0. The van der Waals surface area contributed by atoms with Gasteiger partial charge in [0.2, 0.25) is 0 Å². The van der Waals surface area contributed by atoms with Crippen molar-refractivity contribution in [2.75, 3.05) is 6.54 Å². The molecule has 24 heavy (non-hydrogen) atoms. The second kappa shape index (κ2) is 7.65. The number of carbonyl (C=O) groups excluding carboxylic acids is 1. The molecule has 1 atom stereocenters. The molecule has 0 saturated carbocycles. The van der Waals surface area contributed by atoms with Crippen molar-refractivity contribution in [3.05, 3.63) is 53.4 Å². The summed E-state index contributed by atoms with van der Waals surface area (Å²) in [7, 11) is 0. The van der Waals surface area contributed by atoms with Crippen molar-refractivity contribution in [3.63, 3.8) is 0 Å². The number of benzene rings is 1. The van der Waals surface area contributed by atoms with Gasteiger partial charge in [-0.05, 0) is 37.7 Å². The molecule has 1 aliphatic rings. The van der Waals surface area contributed by atoms with Crippen LogP contribution in [0.1, 0.15) is 67.3 Å². The lowest BCUT2D eigenvalue weighted by Gasteiger charge is -2.35. The summed E-state index contributed by atoms with van der Waals surface area (Å²) in [5, 5.41) is 4.00. The maximum Gasteiger partial charge on any atom is 0.276 e. The number of aromatic nitrogens is 1. The second-order valence-corrected chi connectivity index (χ2v) is 6.94. The lowest BCUT2D eigenvalue weighted by Crippen LogP contribution is -2.44. The van der Waals surface area contributed by atoms with E-state index in [-0.39, 0.29) is 11.8 Å². The second-order valence-electron chi connectivity index (χ2n) is 6.94. The number of aryl methyl sites for hydroxylation is 1. The van der Waals surface area contributed by atoms with Crippen LogP contribution in [-0.4, -0.2) is 28.6 Å². The summed E-state index contributed by atoms with van der Waals surface area (Å²) in [4.78, 5) is 14.9. The monoisotopic (exact) mass is 326 g/mol. The highest BCUT2D eigenvalue weighted by molar-refractivity contribution is 5.92. The van der Waals surface area contributed by atoms with Crippen LogP contribution < -0.4 is 0 Å². The third-order valence-corrected chi connectivity index (χ3v) is 4.81. The molecular formula is C20H26N2O2. The van der Waals surface area contributed by atoms with E-state index in [2.05, 4.69) is 29.4 Å². The smallest absolute Gasteiger partial charge is 0.276 e. The van der Waals surface area contributed by atoms with Gasteiger partial charge in [-0.25, -0.2) is 0 Å². The summed E-state index contributed by atoms with van der Waals surface area (Å²) in [6, 6.07) is 12.6. The van der Waals surface area contributed by atoms with E-state index in [1.807, 2.05) is 24.8 Å². The Morgan fingerprint density at radius 1 is 1.29 bits per heavy atom. The molecule has 3 rings (SSSR count). The van der Waals surface area contributed by atoms with Gasteiger partial charge in [-0.3, -0.25) is 4.79 Å². The predicted molar refractivity (Wildman–Crippen MR) is 94.0 cm³/mol. The molecule has 1 aliphatic heterocycles. The number of amides is 1. The highest BCUT2D eigenvalue weighted by Gasteiger charge is 2.29. The first-order valence-electron chi connectivity index (χ1n) is 8.96. The summed E-state index contributed by atoms with van der Waals surface area (Å²) < 4.78 is 5.31. The first kappa shape index (κ1) is 16.7. The number of nitrogens with zero attached hydrogens (tertiary/aromatic N) is 2. The van der Waals surface area contributed by atoms with Crippen LogP contribution in [-0.2, 0) is 6.42 Å². The van der Waals surface area contributed by atoms with E-state index in [9.17, 15) is 4.79 Å². The van der Waals surface area contributed by atoms with Gasteiger partial charge in [0.15, 0.2) is 5.69 Å². The van der Waals surface area contributed by atoms with Gasteiger partial charge in [0, 0.05) is 24.6 Å². The fourth-order valence-electron chi connectivity index (χ4n) is 3.36. The third-order valence-electron chi connectivity index (χ3n) is 4.81. The molecule has 0 aliphatic carbocycles. The van der Waals surface area contributed by atoms with E-state index in [1.165, 1.54) is 12.0 Å². The van der Waals surface area contributed by atoms with Gasteiger partial charge >= 0.3 is 0 Å². The largest absolute Gasteiger partial charge is 0.360 e. The van der Waals surface area contributed by atoms with E-state index < -0.39 is 0 Å². The van der Waals surface area contributed by atoms with Gasteiger partial charge in [0.1, 0.15) is 5.76 Å². The predicted octanol–water partition coefficient (Wildman–Crippen LogP) is 4.43. The Morgan fingerprint density at radius 2 is 2.08 bits per heavy atom. The minimum Gasteiger partial charge on any atom is -0.360 e. The minimum absolute atomic E-state index is 0.0170. The van der Waals surface area contributed by atoms with Crippen molar-refractivity contribution in [1.82, 2.24) is 10.1 Å². The van der Waals surface area contributed by atoms with Crippen molar-refractivity contribution in [2.45, 2.75) is 57.9 Å². The van der Waals surface area contributed by atoms with Crippen LogP contribution in [0.4, 0.5) is 0 Å². The van der Waals surface area contributed by atoms with E-state index in [1.54, 1.807) is 6.07 Å². The molecule has 0 spiro atoms. The van der Waals surface area contributed by atoms with E-state index >= 15 is 0 Å². The van der Waals surface area contributed by atoms with Gasteiger partial charge in [0.05, 0.1) is 0 Å². The Kier molecular flexibility index (Phi) is 5.34. The zero-order chi connectivity index (χ0) is 16.9. The zero-order valence-electron chi connectivity index (χ0n) is 14.6. The van der Waals surface area contributed by atoms with Gasteiger partial charge in [-0.2, -0.15) is 0 Å². The molecule has 4 nitrogen and oxygen atoms in total. The Bertz CT molecular complexity index is 663. The average molecular weight is 326 g/mol. The minimum atomic E-state index is 0.0170. The van der Waals surface area contributed by atoms with Crippen molar-refractivity contribution in [1.29, 1.82) is 0 Å². The molecule has 1 saturated heterocycles. The Hall–Kier alpha value is -2.10. The highest BCUT2D eigenvalue weighted by atomic mass is 16.5. The number of likely N-dealkylation sites (tertiary alicyclic amines) is 1. The van der Waals surface area contributed by atoms with E-state index in [0.717, 1.165) is 38.0 Å². The van der Waals surface area contributed by atoms with Gasteiger partial charge in [-0.15, -0.1) is 0 Å². The molecule has 4 heteroatoms. The summed E-state index contributed by atoms with van der Waals surface area (Å²) in [5.41, 5.74) is 1.78. The van der Waals surface area contributed by atoms with Crippen molar-refractivity contribution < 1.29 is 9.32 Å². The standard InChI is InChI=1S/C20H26N2O2/c1-15(2)19-14-18(21-24-19)20(23)22-13-7-6-10-17(22)12-11-16-8-4-3-5-9-16/h3-5,8-9,14-15,17H,6-7,10-13H2,1-2H3/t17-/m0/s1. The zero-order valence-corrected chi connectivity index (χ0v) is 14.6. The van der Waals surface area contributed by atoms with Gasteiger partial charge in [0.25, 0.3) is 5.91 Å². The third kappa shape index (κ3) is 3.86. The van der Waals surface area contributed by atoms with Crippen molar-refractivity contribution >= 4 is 5.91 Å². The van der Waals surface area contributed by atoms with Gasteiger partial charge in [-0.1, -0.05) is 49.3 Å².